The monoisotopic (exact) mass is 389 g/mol. The van der Waals surface area contributed by atoms with E-state index in [4.69, 9.17) is 5.26 Å². The molecule has 2 aliphatic heterocycles. The summed E-state index contributed by atoms with van der Waals surface area (Å²) in [5.41, 5.74) is 2.86. The average molecular weight is 389 g/mol. The zero-order chi connectivity index (χ0) is 20.0. The van der Waals surface area contributed by atoms with Crippen molar-refractivity contribution in [1.82, 2.24) is 19.7 Å². The molecule has 0 saturated carbocycles. The lowest BCUT2D eigenvalue weighted by Gasteiger charge is -2.16. The summed E-state index contributed by atoms with van der Waals surface area (Å²) in [6.07, 6.45) is 4.61. The van der Waals surface area contributed by atoms with Gasteiger partial charge < -0.3 is 9.80 Å². The highest BCUT2D eigenvalue weighted by molar-refractivity contribution is 6.09. The van der Waals surface area contributed by atoms with E-state index in [0.29, 0.717) is 48.7 Å². The number of halogens is 1. The van der Waals surface area contributed by atoms with Crippen LogP contribution in [-0.2, 0) is 6.54 Å². The fourth-order valence-corrected chi connectivity index (χ4v) is 3.65. The van der Waals surface area contributed by atoms with Crippen LogP contribution in [0.3, 0.4) is 0 Å². The van der Waals surface area contributed by atoms with E-state index in [9.17, 15) is 9.18 Å². The average Bonchev–Trinajstić information content (AvgIpc) is 3.45. The number of hydrogen-bond acceptors (Lipinski definition) is 6. The molecular formula is C20H16FN7O. The van der Waals surface area contributed by atoms with Gasteiger partial charge in [0.05, 0.1) is 48.1 Å². The second-order valence-corrected chi connectivity index (χ2v) is 7.05. The van der Waals surface area contributed by atoms with E-state index in [1.165, 1.54) is 6.20 Å². The Morgan fingerprint density at radius 2 is 1.97 bits per heavy atom. The number of pyridine rings is 2. The van der Waals surface area contributed by atoms with Crippen LogP contribution in [0.2, 0.25) is 0 Å². The van der Waals surface area contributed by atoms with Gasteiger partial charge >= 0.3 is 0 Å². The van der Waals surface area contributed by atoms with E-state index < -0.39 is 6.17 Å². The van der Waals surface area contributed by atoms with Gasteiger partial charge in [-0.2, -0.15) is 10.4 Å². The van der Waals surface area contributed by atoms with Crippen LogP contribution >= 0.6 is 0 Å². The molecule has 0 N–H and O–H groups in total. The number of nitrogens with zero attached hydrogens (tertiary/aromatic N) is 7. The van der Waals surface area contributed by atoms with Crippen LogP contribution in [0, 0.1) is 11.3 Å². The SMILES string of the molecule is N#Cc1ccc(N2Cc3nn(-c4ccc(N5CC[C@@H](F)C5)nc4)cc3C2=O)cn1. The molecule has 3 aromatic rings. The Labute approximate surface area is 165 Å². The van der Waals surface area contributed by atoms with Crippen LogP contribution in [-0.4, -0.2) is 44.9 Å². The lowest BCUT2D eigenvalue weighted by atomic mass is 10.3. The van der Waals surface area contributed by atoms with Crippen LogP contribution in [0.1, 0.15) is 28.2 Å². The fraction of sp³-hybridized carbons (Fsp3) is 0.250. The highest BCUT2D eigenvalue weighted by Gasteiger charge is 2.32. The Bertz CT molecular complexity index is 1120. The molecule has 29 heavy (non-hydrogen) atoms. The summed E-state index contributed by atoms with van der Waals surface area (Å²) < 4.78 is 15.0. The quantitative estimate of drug-likeness (QED) is 0.682. The molecule has 1 fully saturated rings. The number of rotatable bonds is 3. The van der Waals surface area contributed by atoms with E-state index in [1.807, 2.05) is 23.1 Å². The molecule has 5 rings (SSSR count). The van der Waals surface area contributed by atoms with Gasteiger partial charge in [-0.1, -0.05) is 0 Å². The number of nitriles is 1. The maximum absolute atomic E-state index is 13.4. The first-order valence-corrected chi connectivity index (χ1v) is 9.24. The van der Waals surface area contributed by atoms with E-state index >= 15 is 0 Å². The molecular weight excluding hydrogens is 373 g/mol. The van der Waals surface area contributed by atoms with Crippen molar-refractivity contribution in [3.63, 3.8) is 0 Å². The third-order valence-electron chi connectivity index (χ3n) is 5.20. The van der Waals surface area contributed by atoms with Gasteiger partial charge in [0, 0.05) is 12.7 Å². The third kappa shape index (κ3) is 2.99. The van der Waals surface area contributed by atoms with Gasteiger partial charge in [-0.3, -0.25) is 4.79 Å². The minimum absolute atomic E-state index is 0.159. The van der Waals surface area contributed by atoms with Crippen molar-refractivity contribution in [2.45, 2.75) is 19.1 Å². The molecule has 9 heteroatoms. The summed E-state index contributed by atoms with van der Waals surface area (Å²) in [5.74, 6) is 0.581. The predicted molar refractivity (Wildman–Crippen MR) is 103 cm³/mol. The molecule has 0 radical (unpaired) electrons. The fourth-order valence-electron chi connectivity index (χ4n) is 3.65. The number of aromatic nitrogens is 4. The van der Waals surface area contributed by atoms with Crippen LogP contribution in [0.15, 0.2) is 42.9 Å². The molecule has 0 unspecified atom stereocenters. The molecule has 1 saturated heterocycles. The Balaban J connectivity index is 1.35. The second kappa shape index (κ2) is 6.67. The van der Waals surface area contributed by atoms with Gasteiger partial charge in [0.2, 0.25) is 0 Å². The summed E-state index contributed by atoms with van der Waals surface area (Å²) in [7, 11) is 0. The van der Waals surface area contributed by atoms with Crippen molar-refractivity contribution in [3.05, 3.63) is 59.8 Å². The molecule has 8 nitrogen and oxygen atoms in total. The lowest BCUT2D eigenvalue weighted by molar-refractivity contribution is 0.0996. The molecule has 0 aliphatic carbocycles. The van der Waals surface area contributed by atoms with Gasteiger partial charge in [-0.05, 0) is 30.7 Å². The predicted octanol–water partition coefficient (Wildman–Crippen LogP) is 2.24. The summed E-state index contributed by atoms with van der Waals surface area (Å²) >= 11 is 0. The van der Waals surface area contributed by atoms with Crippen LogP contribution in [0.25, 0.3) is 5.69 Å². The van der Waals surface area contributed by atoms with Crippen LogP contribution in [0.5, 0.6) is 0 Å². The summed E-state index contributed by atoms with van der Waals surface area (Å²) in [6, 6.07) is 8.95. The number of anilines is 2. The number of carbonyl (C=O) groups excluding carboxylic acids is 1. The number of fused-ring (bicyclic) bond motifs is 1. The summed E-state index contributed by atoms with van der Waals surface area (Å²) in [5, 5.41) is 13.4. The van der Waals surface area contributed by atoms with Gasteiger partial charge in [-0.25, -0.2) is 19.0 Å². The second-order valence-electron chi connectivity index (χ2n) is 7.05. The standard InChI is InChI=1S/C20H16FN7O/c21-13-5-6-26(10-13)19-4-3-16(9-24-19)28-11-17-18(25-28)12-27(20(17)29)15-2-1-14(7-22)23-8-15/h1-4,8-9,11,13H,5-6,10,12H2/t13-/m1/s1. The third-order valence-corrected chi connectivity index (χ3v) is 5.20. The minimum Gasteiger partial charge on any atom is -0.354 e. The molecule has 144 valence electrons. The minimum atomic E-state index is -0.800. The number of amides is 1. The van der Waals surface area contributed by atoms with Crippen molar-refractivity contribution in [2.75, 3.05) is 22.9 Å². The summed E-state index contributed by atoms with van der Waals surface area (Å²) in [6.45, 7) is 1.38. The highest BCUT2D eigenvalue weighted by Crippen LogP contribution is 2.28. The van der Waals surface area contributed by atoms with Gasteiger partial charge in [-0.15, -0.1) is 0 Å². The molecule has 1 atom stereocenters. The molecule has 0 spiro atoms. The van der Waals surface area contributed by atoms with E-state index in [2.05, 4.69) is 15.1 Å². The van der Waals surface area contributed by atoms with E-state index in [-0.39, 0.29) is 5.91 Å². The van der Waals surface area contributed by atoms with E-state index in [1.54, 1.807) is 34.1 Å². The Morgan fingerprint density at radius 3 is 2.59 bits per heavy atom. The van der Waals surface area contributed by atoms with Gasteiger partial charge in [0.25, 0.3) is 5.91 Å². The van der Waals surface area contributed by atoms with Crippen molar-refractivity contribution in [1.29, 1.82) is 5.26 Å². The van der Waals surface area contributed by atoms with Crippen molar-refractivity contribution < 1.29 is 9.18 Å². The first-order valence-electron chi connectivity index (χ1n) is 9.24. The molecule has 1 amide bonds. The normalized spacial score (nSPS) is 18.2. The van der Waals surface area contributed by atoms with Crippen LogP contribution < -0.4 is 9.80 Å². The number of hydrogen-bond donors (Lipinski definition) is 0. The zero-order valence-corrected chi connectivity index (χ0v) is 15.4. The Hall–Kier alpha value is -3.80. The molecule has 2 aliphatic rings. The highest BCUT2D eigenvalue weighted by atomic mass is 19.1. The number of carbonyl (C=O) groups is 1. The van der Waals surface area contributed by atoms with E-state index in [0.717, 1.165) is 11.5 Å². The molecule has 5 heterocycles. The molecule has 0 bridgehead atoms. The Kier molecular flexibility index (Phi) is 3.98. The van der Waals surface area contributed by atoms with Gasteiger partial charge in [0.15, 0.2) is 0 Å². The smallest absolute Gasteiger partial charge is 0.262 e. The van der Waals surface area contributed by atoms with Crippen LogP contribution in [0.4, 0.5) is 15.9 Å². The maximum Gasteiger partial charge on any atom is 0.262 e. The first-order chi connectivity index (χ1) is 14.1. The zero-order valence-electron chi connectivity index (χ0n) is 15.4. The maximum atomic E-state index is 13.4. The Morgan fingerprint density at radius 1 is 1.14 bits per heavy atom. The molecule has 3 aromatic heterocycles. The van der Waals surface area contributed by atoms with Crippen molar-refractivity contribution in [3.8, 4) is 11.8 Å². The first kappa shape index (κ1) is 17.3. The van der Waals surface area contributed by atoms with Crippen molar-refractivity contribution >= 4 is 17.4 Å². The van der Waals surface area contributed by atoms with Gasteiger partial charge in [0.1, 0.15) is 23.8 Å². The summed E-state index contributed by atoms with van der Waals surface area (Å²) in [4.78, 5) is 24.7. The largest absolute Gasteiger partial charge is 0.354 e. The topological polar surface area (TPSA) is 90.9 Å². The molecule has 0 aromatic carbocycles. The number of alkyl halides is 1. The van der Waals surface area contributed by atoms with Crippen molar-refractivity contribution in [2.24, 2.45) is 0 Å². The lowest BCUT2D eigenvalue weighted by Crippen LogP contribution is -2.24.